The molecular weight excluding hydrogens is 492 g/mol. The maximum absolute atomic E-state index is 12.6. The van der Waals surface area contributed by atoms with Crippen LogP contribution in [0, 0.1) is 0 Å². The highest BCUT2D eigenvalue weighted by molar-refractivity contribution is 9.10. The molecule has 0 radical (unpaired) electrons. The highest BCUT2D eigenvalue weighted by atomic mass is 79.9. The molecule has 0 aliphatic rings. The van der Waals surface area contributed by atoms with Gasteiger partial charge < -0.3 is 15.0 Å². The van der Waals surface area contributed by atoms with Gasteiger partial charge in [-0.15, -0.1) is 0 Å². The van der Waals surface area contributed by atoms with Gasteiger partial charge in [-0.05, 0) is 29.8 Å². The van der Waals surface area contributed by atoms with E-state index in [0.29, 0.717) is 38.5 Å². The number of hydrogen-bond acceptors (Lipinski definition) is 5. The van der Waals surface area contributed by atoms with Crippen molar-refractivity contribution < 1.29 is 9.53 Å². The van der Waals surface area contributed by atoms with Crippen molar-refractivity contribution in [3.63, 3.8) is 0 Å². The number of nitrogens with one attached hydrogen (secondary N) is 1. The summed E-state index contributed by atoms with van der Waals surface area (Å²) in [5.74, 6) is 1.44. The fraction of sp³-hybridized carbons (Fsp3) is 0.222. The Kier molecular flexibility index (Phi) is 8.22. The van der Waals surface area contributed by atoms with Crippen LogP contribution >= 0.6 is 15.9 Å². The fourth-order valence-corrected chi connectivity index (χ4v) is 4.10. The van der Waals surface area contributed by atoms with E-state index < -0.39 is 0 Å². The van der Waals surface area contributed by atoms with Gasteiger partial charge in [-0.1, -0.05) is 70.5 Å². The Labute approximate surface area is 208 Å². The van der Waals surface area contributed by atoms with Crippen molar-refractivity contribution in [2.75, 3.05) is 31.7 Å². The van der Waals surface area contributed by atoms with Crippen LogP contribution in [-0.4, -0.2) is 42.7 Å². The van der Waals surface area contributed by atoms with Crippen LogP contribution < -0.4 is 10.2 Å². The average molecular weight is 519 g/mol. The van der Waals surface area contributed by atoms with Crippen molar-refractivity contribution in [3.8, 4) is 11.4 Å². The van der Waals surface area contributed by atoms with Crippen LogP contribution in [0.4, 0.5) is 5.82 Å². The van der Waals surface area contributed by atoms with E-state index in [1.54, 1.807) is 7.11 Å². The Balaban J connectivity index is 1.59. The van der Waals surface area contributed by atoms with Crippen LogP contribution in [0.5, 0.6) is 0 Å². The van der Waals surface area contributed by atoms with Gasteiger partial charge >= 0.3 is 0 Å². The molecular formula is C27H27BrN4O2. The molecule has 0 atom stereocenters. The summed E-state index contributed by atoms with van der Waals surface area (Å²) in [5, 5.41) is 3.95. The first-order chi connectivity index (χ1) is 16.6. The topological polar surface area (TPSA) is 67.3 Å². The lowest BCUT2D eigenvalue weighted by Gasteiger charge is -2.25. The zero-order valence-electron chi connectivity index (χ0n) is 19.1. The number of carbonyl (C=O) groups is 1. The fourth-order valence-electron chi connectivity index (χ4n) is 3.70. The van der Waals surface area contributed by atoms with E-state index in [1.165, 1.54) is 0 Å². The quantitative estimate of drug-likeness (QED) is 0.311. The van der Waals surface area contributed by atoms with E-state index in [9.17, 15) is 4.79 Å². The standard InChI is InChI=1S/C27H27BrN4O2/c1-34-17-16-32(15-14-25(33)29-19-20-8-3-2-4-9-20)27-23-12-5-6-13-24(23)30-26(31-27)21-10-7-11-22(28)18-21/h2-13,18H,14-17,19H2,1H3,(H,29,33). The molecule has 7 heteroatoms. The highest BCUT2D eigenvalue weighted by Gasteiger charge is 2.17. The smallest absolute Gasteiger partial charge is 0.222 e. The van der Waals surface area contributed by atoms with Gasteiger partial charge in [-0.2, -0.15) is 0 Å². The van der Waals surface area contributed by atoms with Gasteiger partial charge in [0.05, 0.1) is 12.1 Å². The predicted molar refractivity (Wildman–Crippen MR) is 140 cm³/mol. The van der Waals surface area contributed by atoms with Crippen molar-refractivity contribution in [2.24, 2.45) is 0 Å². The minimum absolute atomic E-state index is 0.00292. The zero-order valence-corrected chi connectivity index (χ0v) is 20.7. The molecule has 1 heterocycles. The van der Waals surface area contributed by atoms with E-state index in [2.05, 4.69) is 26.1 Å². The summed E-state index contributed by atoms with van der Waals surface area (Å²) in [7, 11) is 1.68. The number of ether oxygens (including phenoxy) is 1. The zero-order chi connectivity index (χ0) is 23.8. The number of nitrogens with zero attached hydrogens (tertiary/aromatic N) is 3. The molecule has 3 aromatic carbocycles. The van der Waals surface area contributed by atoms with Gasteiger partial charge in [-0.25, -0.2) is 9.97 Å². The van der Waals surface area contributed by atoms with E-state index in [4.69, 9.17) is 14.7 Å². The molecule has 1 aromatic heterocycles. The van der Waals surface area contributed by atoms with Crippen LogP contribution in [0.15, 0.2) is 83.3 Å². The lowest BCUT2D eigenvalue weighted by molar-refractivity contribution is -0.121. The number of hydrogen-bond donors (Lipinski definition) is 1. The summed E-state index contributed by atoms with van der Waals surface area (Å²) < 4.78 is 6.32. The van der Waals surface area contributed by atoms with E-state index >= 15 is 0 Å². The molecule has 0 spiro atoms. The molecule has 4 rings (SSSR count). The van der Waals surface area contributed by atoms with E-state index in [0.717, 1.165) is 32.3 Å². The number of aromatic nitrogens is 2. The minimum atomic E-state index is -0.00292. The maximum Gasteiger partial charge on any atom is 0.222 e. The molecule has 6 nitrogen and oxygen atoms in total. The Bertz CT molecular complexity index is 1250. The number of fused-ring (bicyclic) bond motifs is 1. The average Bonchev–Trinajstić information content (AvgIpc) is 2.87. The number of amides is 1. The summed E-state index contributed by atoms with van der Waals surface area (Å²) in [6, 6.07) is 25.8. The lowest BCUT2D eigenvalue weighted by Crippen LogP contribution is -2.33. The number of rotatable bonds is 10. The van der Waals surface area contributed by atoms with Gasteiger partial charge in [-0.3, -0.25) is 4.79 Å². The van der Waals surface area contributed by atoms with Crippen molar-refractivity contribution in [1.29, 1.82) is 0 Å². The van der Waals surface area contributed by atoms with Crippen LogP contribution in [0.1, 0.15) is 12.0 Å². The lowest BCUT2D eigenvalue weighted by atomic mass is 10.1. The summed E-state index contributed by atoms with van der Waals surface area (Å²) in [6.07, 6.45) is 0.348. The Morgan fingerprint density at radius 2 is 1.76 bits per heavy atom. The predicted octanol–water partition coefficient (Wildman–Crippen LogP) is 5.22. The van der Waals surface area contributed by atoms with E-state index in [1.807, 2.05) is 78.9 Å². The molecule has 0 aliphatic carbocycles. The third-order valence-electron chi connectivity index (χ3n) is 5.47. The SMILES string of the molecule is COCCN(CCC(=O)NCc1ccccc1)c1nc(-c2cccc(Br)c2)nc2ccccc12. The van der Waals surface area contributed by atoms with Crippen LogP contribution in [0.3, 0.4) is 0 Å². The van der Waals surface area contributed by atoms with Crippen molar-refractivity contribution >= 4 is 38.6 Å². The first-order valence-corrected chi connectivity index (χ1v) is 12.0. The summed E-state index contributed by atoms with van der Waals surface area (Å²) in [5.41, 5.74) is 2.86. The maximum atomic E-state index is 12.6. The second kappa shape index (κ2) is 11.7. The largest absolute Gasteiger partial charge is 0.383 e. The Morgan fingerprint density at radius 3 is 2.56 bits per heavy atom. The number of anilines is 1. The van der Waals surface area contributed by atoms with Crippen molar-refractivity contribution in [2.45, 2.75) is 13.0 Å². The third kappa shape index (κ3) is 6.18. The number of carbonyl (C=O) groups excluding carboxylic acids is 1. The molecule has 4 aromatic rings. The first kappa shape index (κ1) is 23.9. The number of para-hydroxylation sites is 1. The van der Waals surface area contributed by atoms with Crippen molar-refractivity contribution in [3.05, 3.63) is 88.9 Å². The van der Waals surface area contributed by atoms with Gasteiger partial charge in [0, 0.05) is 48.6 Å². The summed E-state index contributed by atoms with van der Waals surface area (Å²) in [4.78, 5) is 24.5. The highest BCUT2D eigenvalue weighted by Crippen LogP contribution is 2.28. The number of methoxy groups -OCH3 is 1. The molecule has 0 saturated heterocycles. The number of halogens is 1. The van der Waals surface area contributed by atoms with Gasteiger partial charge in [0.1, 0.15) is 5.82 Å². The summed E-state index contributed by atoms with van der Waals surface area (Å²) in [6.45, 7) is 2.17. The minimum Gasteiger partial charge on any atom is -0.383 e. The first-order valence-electron chi connectivity index (χ1n) is 11.2. The monoisotopic (exact) mass is 518 g/mol. The molecule has 0 bridgehead atoms. The molecule has 0 saturated carbocycles. The number of benzene rings is 3. The van der Waals surface area contributed by atoms with Gasteiger partial charge in [0.15, 0.2) is 5.82 Å². The second-order valence-corrected chi connectivity index (χ2v) is 8.81. The molecule has 0 unspecified atom stereocenters. The van der Waals surface area contributed by atoms with Gasteiger partial charge in [0.25, 0.3) is 0 Å². The Morgan fingerprint density at radius 1 is 0.971 bits per heavy atom. The Hall–Kier alpha value is -3.29. The van der Waals surface area contributed by atoms with Crippen LogP contribution in [0.25, 0.3) is 22.3 Å². The summed E-state index contributed by atoms with van der Waals surface area (Å²) >= 11 is 3.54. The van der Waals surface area contributed by atoms with Crippen molar-refractivity contribution in [1.82, 2.24) is 15.3 Å². The molecule has 1 amide bonds. The van der Waals surface area contributed by atoms with Crippen LogP contribution in [0.2, 0.25) is 0 Å². The molecule has 0 fully saturated rings. The second-order valence-electron chi connectivity index (χ2n) is 7.89. The van der Waals surface area contributed by atoms with E-state index in [-0.39, 0.29) is 5.91 Å². The third-order valence-corrected chi connectivity index (χ3v) is 5.97. The molecule has 174 valence electrons. The van der Waals surface area contributed by atoms with Crippen LogP contribution in [-0.2, 0) is 16.1 Å². The molecule has 34 heavy (non-hydrogen) atoms. The normalized spacial score (nSPS) is 10.9. The molecule has 1 N–H and O–H groups in total. The molecule has 0 aliphatic heterocycles. The van der Waals surface area contributed by atoms with Gasteiger partial charge in [0.2, 0.25) is 5.91 Å².